The van der Waals surface area contributed by atoms with Crippen LogP contribution in [0.2, 0.25) is 0 Å². The third kappa shape index (κ3) is 5.28. The van der Waals surface area contributed by atoms with Crippen molar-refractivity contribution in [3.63, 3.8) is 0 Å². The number of nitrogens with zero attached hydrogens (tertiary/aromatic N) is 1. The van der Waals surface area contributed by atoms with E-state index >= 15 is 0 Å². The van der Waals surface area contributed by atoms with E-state index < -0.39 is 0 Å². The molecule has 0 unspecified atom stereocenters. The quantitative estimate of drug-likeness (QED) is 0.591. The highest BCUT2D eigenvalue weighted by Gasteiger charge is 2.10. The number of oxazole rings is 1. The van der Waals surface area contributed by atoms with Gasteiger partial charge < -0.3 is 14.5 Å². The summed E-state index contributed by atoms with van der Waals surface area (Å²) in [5.74, 6) is 1.18. The van der Waals surface area contributed by atoms with Crippen LogP contribution in [0.5, 0.6) is 5.75 Å². The monoisotopic (exact) mass is 366 g/mol. The van der Waals surface area contributed by atoms with Gasteiger partial charge in [-0.3, -0.25) is 4.79 Å². The normalized spacial score (nSPS) is 10.4. The van der Waals surface area contributed by atoms with Gasteiger partial charge in [-0.15, -0.1) is 0 Å². The van der Waals surface area contributed by atoms with Gasteiger partial charge >= 0.3 is 0 Å². The Hall–Kier alpha value is -3.41. The molecule has 0 aliphatic carbocycles. The average molecular weight is 366 g/mol. The highest BCUT2D eigenvalue weighted by atomic mass is 19.1. The fourth-order valence-electron chi connectivity index (χ4n) is 2.44. The summed E-state index contributed by atoms with van der Waals surface area (Å²) in [7, 11) is 0. The Balaban J connectivity index is 1.53. The van der Waals surface area contributed by atoms with Crippen LogP contribution in [-0.2, 0) is 11.2 Å². The van der Waals surface area contributed by atoms with Crippen molar-refractivity contribution in [3.8, 4) is 17.1 Å². The van der Waals surface area contributed by atoms with Crippen LogP contribution >= 0.6 is 0 Å². The smallest absolute Gasteiger partial charge is 0.224 e. The van der Waals surface area contributed by atoms with Gasteiger partial charge in [0.15, 0.2) is 11.7 Å². The molecular formula is C21H19FN2O3. The molecule has 0 radical (unpaired) electrons. The van der Waals surface area contributed by atoms with E-state index in [4.69, 9.17) is 9.15 Å². The number of amides is 1. The van der Waals surface area contributed by atoms with Gasteiger partial charge in [0.05, 0.1) is 6.20 Å². The van der Waals surface area contributed by atoms with Crippen molar-refractivity contribution in [3.05, 3.63) is 79.1 Å². The van der Waals surface area contributed by atoms with Crippen LogP contribution in [0.4, 0.5) is 10.1 Å². The predicted octanol–water partition coefficient (Wildman–Crippen LogP) is 4.62. The van der Waals surface area contributed by atoms with Crippen LogP contribution in [0, 0.1) is 5.82 Å². The number of ether oxygens (including phenoxy) is 1. The summed E-state index contributed by atoms with van der Waals surface area (Å²) in [5.41, 5.74) is 1.39. The minimum absolute atomic E-state index is 0.155. The maximum atomic E-state index is 13.0. The molecular weight excluding hydrogens is 347 g/mol. The first-order chi connectivity index (χ1) is 13.1. The summed E-state index contributed by atoms with van der Waals surface area (Å²) in [4.78, 5) is 16.3. The van der Waals surface area contributed by atoms with Crippen molar-refractivity contribution in [2.75, 3.05) is 11.9 Å². The average Bonchev–Trinajstić information content (AvgIpc) is 3.15. The van der Waals surface area contributed by atoms with E-state index in [1.807, 2.05) is 6.07 Å². The Labute approximate surface area is 156 Å². The largest absolute Gasteiger partial charge is 0.489 e. The molecule has 5 nitrogen and oxygen atoms in total. The maximum Gasteiger partial charge on any atom is 0.224 e. The van der Waals surface area contributed by atoms with Crippen molar-refractivity contribution in [1.29, 1.82) is 0 Å². The van der Waals surface area contributed by atoms with Crippen molar-refractivity contribution in [2.24, 2.45) is 0 Å². The lowest BCUT2D eigenvalue weighted by atomic mass is 10.2. The SMILES string of the molecule is C=CCOc1cccc(NC(=O)CCc2ncc(-c3ccc(F)cc3)o2)c1. The summed E-state index contributed by atoms with van der Waals surface area (Å²) in [5, 5.41) is 2.82. The number of carbonyl (C=O) groups is 1. The zero-order valence-electron chi connectivity index (χ0n) is 14.7. The van der Waals surface area contributed by atoms with Crippen LogP contribution in [0.25, 0.3) is 11.3 Å². The summed E-state index contributed by atoms with van der Waals surface area (Å²) in [6.07, 6.45) is 3.81. The zero-order valence-corrected chi connectivity index (χ0v) is 14.7. The molecule has 0 aliphatic rings. The van der Waals surface area contributed by atoms with Crippen molar-refractivity contribution >= 4 is 11.6 Å². The molecule has 6 heteroatoms. The minimum atomic E-state index is -0.311. The van der Waals surface area contributed by atoms with E-state index in [0.29, 0.717) is 36.1 Å². The Morgan fingerprint density at radius 3 is 2.85 bits per heavy atom. The Kier molecular flexibility index (Phi) is 5.99. The first kappa shape index (κ1) is 18.4. The third-order valence-electron chi connectivity index (χ3n) is 3.73. The van der Waals surface area contributed by atoms with Crippen molar-refractivity contribution < 1.29 is 18.3 Å². The van der Waals surface area contributed by atoms with Gasteiger partial charge in [-0.2, -0.15) is 0 Å². The Morgan fingerprint density at radius 2 is 2.07 bits per heavy atom. The van der Waals surface area contributed by atoms with Gasteiger partial charge in [0.25, 0.3) is 0 Å². The van der Waals surface area contributed by atoms with Crippen LogP contribution in [0.1, 0.15) is 12.3 Å². The van der Waals surface area contributed by atoms with Gasteiger partial charge in [0.1, 0.15) is 18.2 Å². The molecule has 27 heavy (non-hydrogen) atoms. The van der Waals surface area contributed by atoms with E-state index in [9.17, 15) is 9.18 Å². The summed E-state index contributed by atoms with van der Waals surface area (Å²) in [6.45, 7) is 4.00. The molecule has 1 heterocycles. The number of hydrogen-bond acceptors (Lipinski definition) is 4. The van der Waals surface area contributed by atoms with E-state index in [2.05, 4.69) is 16.9 Å². The van der Waals surface area contributed by atoms with Crippen LogP contribution in [0.3, 0.4) is 0 Å². The number of rotatable bonds is 8. The van der Waals surface area contributed by atoms with E-state index in [-0.39, 0.29) is 18.1 Å². The van der Waals surface area contributed by atoms with Gasteiger partial charge in [-0.1, -0.05) is 18.7 Å². The zero-order chi connectivity index (χ0) is 19.1. The Morgan fingerprint density at radius 1 is 1.26 bits per heavy atom. The van der Waals surface area contributed by atoms with Crippen LogP contribution < -0.4 is 10.1 Å². The summed E-state index contributed by atoms with van der Waals surface area (Å²) >= 11 is 0. The van der Waals surface area contributed by atoms with Crippen LogP contribution in [-0.4, -0.2) is 17.5 Å². The lowest BCUT2D eigenvalue weighted by Crippen LogP contribution is -2.12. The van der Waals surface area contributed by atoms with Crippen LogP contribution in [0.15, 0.2) is 71.8 Å². The first-order valence-corrected chi connectivity index (χ1v) is 8.48. The van der Waals surface area contributed by atoms with Gasteiger partial charge in [0.2, 0.25) is 5.91 Å². The molecule has 0 saturated carbocycles. The Bertz CT molecular complexity index is 919. The molecule has 1 amide bonds. The summed E-state index contributed by atoms with van der Waals surface area (Å²) < 4.78 is 24.1. The molecule has 3 aromatic rings. The molecule has 1 aromatic heterocycles. The van der Waals surface area contributed by atoms with E-state index in [0.717, 1.165) is 5.56 Å². The molecule has 0 bridgehead atoms. The number of aryl methyl sites for hydroxylation is 1. The fourth-order valence-corrected chi connectivity index (χ4v) is 2.44. The van der Waals surface area contributed by atoms with E-state index in [1.54, 1.807) is 42.6 Å². The number of benzene rings is 2. The summed E-state index contributed by atoms with van der Waals surface area (Å²) in [6, 6.07) is 13.1. The number of halogens is 1. The molecule has 0 spiro atoms. The van der Waals surface area contributed by atoms with Crippen molar-refractivity contribution in [2.45, 2.75) is 12.8 Å². The predicted molar refractivity (Wildman–Crippen MR) is 101 cm³/mol. The molecule has 0 aliphatic heterocycles. The lowest BCUT2D eigenvalue weighted by Gasteiger charge is -2.07. The van der Waals surface area contributed by atoms with Crippen molar-refractivity contribution in [1.82, 2.24) is 4.98 Å². The molecule has 1 N–H and O–H groups in total. The first-order valence-electron chi connectivity index (χ1n) is 8.48. The fraction of sp³-hybridized carbons (Fsp3) is 0.143. The minimum Gasteiger partial charge on any atom is -0.489 e. The number of anilines is 1. The van der Waals surface area contributed by atoms with Gasteiger partial charge in [-0.05, 0) is 36.4 Å². The highest BCUT2D eigenvalue weighted by Crippen LogP contribution is 2.21. The number of aromatic nitrogens is 1. The number of carbonyl (C=O) groups excluding carboxylic acids is 1. The topological polar surface area (TPSA) is 64.4 Å². The number of hydrogen-bond donors (Lipinski definition) is 1. The molecule has 0 saturated heterocycles. The molecule has 0 atom stereocenters. The second kappa shape index (κ2) is 8.80. The lowest BCUT2D eigenvalue weighted by molar-refractivity contribution is -0.116. The van der Waals surface area contributed by atoms with Gasteiger partial charge in [0, 0.05) is 30.2 Å². The molecule has 0 fully saturated rings. The second-order valence-electron chi connectivity index (χ2n) is 5.80. The standard InChI is InChI=1S/C21H19FN2O3/c1-2-12-26-18-5-3-4-17(13-18)24-20(25)10-11-21-23-14-19(27-21)15-6-8-16(22)9-7-15/h2-9,13-14H,1,10-12H2,(H,24,25). The molecule has 2 aromatic carbocycles. The van der Waals surface area contributed by atoms with Gasteiger partial charge in [-0.25, -0.2) is 9.37 Å². The highest BCUT2D eigenvalue weighted by molar-refractivity contribution is 5.90. The second-order valence-corrected chi connectivity index (χ2v) is 5.80. The maximum absolute atomic E-state index is 13.0. The molecule has 3 rings (SSSR count). The van der Waals surface area contributed by atoms with E-state index in [1.165, 1.54) is 12.1 Å². The third-order valence-corrected chi connectivity index (χ3v) is 3.73. The number of nitrogens with one attached hydrogen (secondary N) is 1. The molecule has 138 valence electrons.